The fraction of sp³-hybridized carbons (Fsp3) is 0.0667. The van der Waals surface area contributed by atoms with E-state index in [1.54, 1.807) is 30.6 Å². The van der Waals surface area contributed by atoms with Crippen LogP contribution in [0.1, 0.15) is 11.1 Å². The summed E-state index contributed by atoms with van der Waals surface area (Å²) in [5.74, 6) is -0.541. The van der Waals surface area contributed by atoms with E-state index in [1.807, 2.05) is 12.1 Å². The summed E-state index contributed by atoms with van der Waals surface area (Å²) in [4.78, 5) is 15.5. The minimum absolute atomic E-state index is 0.221. The monoisotopic (exact) mass is 256 g/mol. The minimum atomic E-state index is -0.320. The number of pyridine rings is 1. The van der Waals surface area contributed by atoms with E-state index in [4.69, 9.17) is 0 Å². The van der Waals surface area contributed by atoms with Gasteiger partial charge in [0, 0.05) is 25.0 Å². The Bertz CT molecular complexity index is 582. The van der Waals surface area contributed by atoms with Crippen molar-refractivity contribution < 1.29 is 9.18 Å². The summed E-state index contributed by atoms with van der Waals surface area (Å²) in [5, 5.41) is 2.74. The van der Waals surface area contributed by atoms with Gasteiger partial charge in [-0.05, 0) is 41.5 Å². The van der Waals surface area contributed by atoms with Crippen molar-refractivity contribution in [1.82, 2.24) is 10.3 Å². The highest BCUT2D eigenvalue weighted by molar-refractivity contribution is 5.91. The average molecular weight is 256 g/mol. The number of aromatic nitrogens is 1. The molecule has 0 saturated heterocycles. The predicted octanol–water partition coefficient (Wildman–Crippen LogP) is 2.55. The lowest BCUT2D eigenvalue weighted by atomic mass is 10.2. The summed E-state index contributed by atoms with van der Waals surface area (Å²) < 4.78 is 12.9. The molecule has 0 atom stereocenters. The van der Waals surface area contributed by atoms with Gasteiger partial charge in [0.2, 0.25) is 5.91 Å². The Kier molecular flexibility index (Phi) is 4.39. The van der Waals surface area contributed by atoms with Gasteiger partial charge in [-0.2, -0.15) is 0 Å². The molecule has 0 saturated carbocycles. The van der Waals surface area contributed by atoms with Gasteiger partial charge in [0.05, 0.1) is 0 Å². The largest absolute Gasteiger partial charge is 0.348 e. The van der Waals surface area contributed by atoms with Crippen molar-refractivity contribution in [2.24, 2.45) is 0 Å². The number of benzene rings is 1. The van der Waals surface area contributed by atoms with Gasteiger partial charge in [-0.15, -0.1) is 0 Å². The number of hydrogen-bond donors (Lipinski definition) is 1. The van der Waals surface area contributed by atoms with Crippen LogP contribution >= 0.6 is 0 Å². The number of nitrogens with one attached hydrogen (secondary N) is 1. The zero-order valence-electron chi connectivity index (χ0n) is 10.2. The maximum absolute atomic E-state index is 12.9. The third-order valence-electron chi connectivity index (χ3n) is 2.49. The molecule has 0 radical (unpaired) electrons. The van der Waals surface area contributed by atoms with Crippen LogP contribution < -0.4 is 5.32 Å². The van der Waals surface area contributed by atoms with E-state index in [0.29, 0.717) is 12.1 Å². The molecule has 1 aromatic carbocycles. The first-order valence-electron chi connectivity index (χ1n) is 5.84. The van der Waals surface area contributed by atoms with E-state index in [-0.39, 0.29) is 11.7 Å². The van der Waals surface area contributed by atoms with Crippen LogP contribution in [0.15, 0.2) is 54.9 Å². The molecule has 0 fully saturated rings. The highest BCUT2D eigenvalue weighted by atomic mass is 19.1. The molecule has 0 spiro atoms. The summed E-state index contributed by atoms with van der Waals surface area (Å²) in [5.41, 5.74) is 1.63. The Morgan fingerprint density at radius 1 is 1.26 bits per heavy atom. The summed E-state index contributed by atoms with van der Waals surface area (Å²) in [6.45, 7) is 0.439. The van der Waals surface area contributed by atoms with Gasteiger partial charge in [-0.1, -0.05) is 12.1 Å². The van der Waals surface area contributed by atoms with E-state index >= 15 is 0 Å². The van der Waals surface area contributed by atoms with Gasteiger partial charge in [0.1, 0.15) is 5.82 Å². The first-order chi connectivity index (χ1) is 9.24. The Morgan fingerprint density at radius 2 is 2.05 bits per heavy atom. The first-order valence-corrected chi connectivity index (χ1v) is 5.84. The molecule has 1 N–H and O–H groups in total. The molecule has 1 heterocycles. The molecule has 1 aromatic heterocycles. The van der Waals surface area contributed by atoms with Crippen LogP contribution in [0.5, 0.6) is 0 Å². The molecule has 3 nitrogen and oxygen atoms in total. The van der Waals surface area contributed by atoms with Crippen LogP contribution in [0.3, 0.4) is 0 Å². The van der Waals surface area contributed by atoms with Gasteiger partial charge in [0.25, 0.3) is 0 Å². The molecule has 1 amide bonds. The van der Waals surface area contributed by atoms with Crippen molar-refractivity contribution in [3.05, 3.63) is 71.8 Å². The molecule has 0 aliphatic rings. The molecule has 4 heteroatoms. The third kappa shape index (κ3) is 4.35. The van der Waals surface area contributed by atoms with Crippen molar-refractivity contribution in [2.75, 3.05) is 0 Å². The average Bonchev–Trinajstić information content (AvgIpc) is 2.44. The second kappa shape index (κ2) is 6.44. The van der Waals surface area contributed by atoms with Crippen LogP contribution in [0, 0.1) is 5.82 Å². The van der Waals surface area contributed by atoms with Gasteiger partial charge in [-0.25, -0.2) is 4.39 Å². The van der Waals surface area contributed by atoms with Gasteiger partial charge < -0.3 is 5.32 Å². The topological polar surface area (TPSA) is 42.0 Å². The fourth-order valence-corrected chi connectivity index (χ4v) is 1.53. The zero-order valence-corrected chi connectivity index (χ0v) is 10.2. The summed E-state index contributed by atoms with van der Waals surface area (Å²) >= 11 is 0. The molecule has 0 aliphatic heterocycles. The van der Waals surface area contributed by atoms with Crippen LogP contribution in [-0.2, 0) is 11.3 Å². The molecular formula is C15H13FN2O. The Balaban J connectivity index is 1.88. The number of carbonyl (C=O) groups is 1. The lowest BCUT2D eigenvalue weighted by Crippen LogP contribution is -2.20. The first kappa shape index (κ1) is 13.0. The van der Waals surface area contributed by atoms with E-state index in [2.05, 4.69) is 10.3 Å². The van der Waals surface area contributed by atoms with E-state index in [1.165, 1.54) is 18.2 Å². The second-order valence-electron chi connectivity index (χ2n) is 3.96. The van der Waals surface area contributed by atoms with Crippen molar-refractivity contribution in [1.29, 1.82) is 0 Å². The van der Waals surface area contributed by atoms with Gasteiger partial charge in [-0.3, -0.25) is 9.78 Å². The summed E-state index contributed by atoms with van der Waals surface area (Å²) in [6, 6.07) is 9.72. The lowest BCUT2D eigenvalue weighted by Gasteiger charge is -2.01. The van der Waals surface area contributed by atoms with E-state index in [0.717, 1.165) is 5.56 Å². The molecule has 2 aromatic rings. The Labute approximate surface area is 110 Å². The quantitative estimate of drug-likeness (QED) is 0.854. The van der Waals surface area contributed by atoms with Crippen LogP contribution in [0.2, 0.25) is 0 Å². The van der Waals surface area contributed by atoms with Crippen molar-refractivity contribution in [2.45, 2.75) is 6.54 Å². The van der Waals surface area contributed by atoms with Crippen molar-refractivity contribution >= 4 is 12.0 Å². The molecule has 0 aliphatic carbocycles. The molecule has 96 valence electrons. The Morgan fingerprint density at radius 3 is 2.79 bits per heavy atom. The SMILES string of the molecule is O=C(/C=C/c1cccc(F)c1)NCc1ccncc1. The van der Waals surface area contributed by atoms with Crippen LogP contribution in [0.4, 0.5) is 4.39 Å². The van der Waals surface area contributed by atoms with Crippen molar-refractivity contribution in [3.8, 4) is 0 Å². The predicted molar refractivity (Wildman–Crippen MR) is 71.5 cm³/mol. The standard InChI is InChI=1S/C15H13FN2O/c16-14-3-1-2-12(10-14)4-5-15(19)18-11-13-6-8-17-9-7-13/h1-10H,11H2,(H,18,19)/b5-4+. The maximum Gasteiger partial charge on any atom is 0.244 e. The van der Waals surface area contributed by atoms with E-state index < -0.39 is 0 Å². The fourth-order valence-electron chi connectivity index (χ4n) is 1.53. The zero-order chi connectivity index (χ0) is 13.5. The number of amides is 1. The number of halogens is 1. The molecule has 0 bridgehead atoms. The number of nitrogens with zero attached hydrogens (tertiary/aromatic N) is 1. The molecule has 0 unspecified atom stereocenters. The summed E-state index contributed by atoms with van der Waals surface area (Å²) in [6.07, 6.45) is 6.30. The van der Waals surface area contributed by atoms with E-state index in [9.17, 15) is 9.18 Å². The number of hydrogen-bond acceptors (Lipinski definition) is 2. The number of carbonyl (C=O) groups excluding carboxylic acids is 1. The molecular weight excluding hydrogens is 243 g/mol. The highest BCUT2D eigenvalue weighted by Gasteiger charge is 1.97. The molecule has 19 heavy (non-hydrogen) atoms. The van der Waals surface area contributed by atoms with Gasteiger partial charge in [0.15, 0.2) is 0 Å². The Hall–Kier alpha value is -2.49. The smallest absolute Gasteiger partial charge is 0.244 e. The van der Waals surface area contributed by atoms with Crippen LogP contribution in [-0.4, -0.2) is 10.9 Å². The van der Waals surface area contributed by atoms with Crippen molar-refractivity contribution in [3.63, 3.8) is 0 Å². The third-order valence-corrected chi connectivity index (χ3v) is 2.49. The second-order valence-corrected chi connectivity index (χ2v) is 3.96. The lowest BCUT2D eigenvalue weighted by molar-refractivity contribution is -0.116. The number of rotatable bonds is 4. The molecule has 2 rings (SSSR count). The van der Waals surface area contributed by atoms with Crippen LogP contribution in [0.25, 0.3) is 6.08 Å². The normalized spacial score (nSPS) is 10.6. The highest BCUT2D eigenvalue weighted by Crippen LogP contribution is 2.05. The minimum Gasteiger partial charge on any atom is -0.348 e. The maximum atomic E-state index is 12.9. The van der Waals surface area contributed by atoms with Gasteiger partial charge >= 0.3 is 0 Å². The summed E-state index contributed by atoms with van der Waals surface area (Å²) in [7, 11) is 0.